The largest absolute Gasteiger partial charge is 0.351 e. The molecule has 0 radical (unpaired) electrons. The van der Waals surface area contributed by atoms with E-state index < -0.39 is 11.9 Å². The first kappa shape index (κ1) is 15.2. The highest BCUT2D eigenvalue weighted by molar-refractivity contribution is 8.00. The van der Waals surface area contributed by atoms with E-state index in [4.69, 9.17) is 5.73 Å². The van der Waals surface area contributed by atoms with Crippen molar-refractivity contribution in [3.8, 4) is 0 Å². The van der Waals surface area contributed by atoms with Gasteiger partial charge in [-0.2, -0.15) is 0 Å². The second-order valence-electron chi connectivity index (χ2n) is 5.17. The van der Waals surface area contributed by atoms with Gasteiger partial charge in [0.05, 0.1) is 5.75 Å². The van der Waals surface area contributed by atoms with Crippen molar-refractivity contribution in [2.45, 2.75) is 37.6 Å². The Morgan fingerprint density at radius 1 is 1.32 bits per heavy atom. The highest BCUT2D eigenvalue weighted by Gasteiger charge is 2.21. The third-order valence-electron chi connectivity index (χ3n) is 3.50. The number of urea groups is 1. The fourth-order valence-electron chi connectivity index (χ4n) is 2.64. The Bertz CT molecular complexity index is 757. The molecule has 0 saturated carbocycles. The molecule has 2 aromatic heterocycles. The summed E-state index contributed by atoms with van der Waals surface area (Å²) in [5, 5.41) is 3.98. The molecule has 116 valence electrons. The highest BCUT2D eigenvalue weighted by Crippen LogP contribution is 2.39. The molecule has 0 spiro atoms. The van der Waals surface area contributed by atoms with E-state index in [0.717, 1.165) is 28.1 Å². The smallest absolute Gasteiger partial charge is 0.318 e. The summed E-state index contributed by atoms with van der Waals surface area (Å²) < 4.78 is 0. The number of aryl methyl sites for hydroxylation is 3. The lowest BCUT2D eigenvalue weighted by atomic mass is 9.97. The zero-order chi connectivity index (χ0) is 15.7. The maximum Gasteiger partial charge on any atom is 0.318 e. The summed E-state index contributed by atoms with van der Waals surface area (Å²) in [6, 6.07) is -0.831. The number of hydrogen-bond donors (Lipinski definition) is 2. The number of hydrogen-bond acceptors (Lipinski definition) is 6. The molecule has 0 aromatic carbocycles. The summed E-state index contributed by atoms with van der Waals surface area (Å²) in [4.78, 5) is 33.7. The number of imide groups is 1. The molecule has 3 rings (SSSR count). The average molecular weight is 336 g/mol. The lowest BCUT2D eigenvalue weighted by Gasteiger charge is -2.11. The first-order chi connectivity index (χ1) is 10.5. The molecule has 22 heavy (non-hydrogen) atoms. The van der Waals surface area contributed by atoms with Crippen molar-refractivity contribution in [1.82, 2.24) is 15.3 Å². The number of fused-ring (bicyclic) bond motifs is 3. The van der Waals surface area contributed by atoms with Crippen LogP contribution >= 0.6 is 23.1 Å². The molecule has 2 heterocycles. The summed E-state index contributed by atoms with van der Waals surface area (Å²) in [7, 11) is 0. The number of primary amides is 1. The second kappa shape index (κ2) is 6.21. The van der Waals surface area contributed by atoms with E-state index in [2.05, 4.69) is 15.3 Å². The third-order valence-corrected chi connectivity index (χ3v) is 5.66. The van der Waals surface area contributed by atoms with Gasteiger partial charge < -0.3 is 5.73 Å². The van der Waals surface area contributed by atoms with Crippen molar-refractivity contribution in [3.05, 3.63) is 16.3 Å². The number of nitrogens with zero attached hydrogens (tertiary/aromatic N) is 2. The molecule has 0 saturated heterocycles. The van der Waals surface area contributed by atoms with Crippen LogP contribution in [0.15, 0.2) is 5.03 Å². The third kappa shape index (κ3) is 3.07. The number of thioether (sulfide) groups is 1. The van der Waals surface area contributed by atoms with E-state index in [1.54, 1.807) is 11.3 Å². The zero-order valence-electron chi connectivity index (χ0n) is 12.1. The van der Waals surface area contributed by atoms with E-state index in [0.29, 0.717) is 5.82 Å². The highest BCUT2D eigenvalue weighted by atomic mass is 32.2. The van der Waals surface area contributed by atoms with Gasteiger partial charge in [0.2, 0.25) is 5.91 Å². The van der Waals surface area contributed by atoms with Crippen molar-refractivity contribution in [2.75, 3.05) is 5.75 Å². The quantitative estimate of drug-likeness (QED) is 0.661. The lowest BCUT2D eigenvalue weighted by molar-refractivity contribution is -0.117. The van der Waals surface area contributed by atoms with Gasteiger partial charge in [0.15, 0.2) is 0 Å². The Balaban J connectivity index is 1.92. The minimum atomic E-state index is -0.831. The van der Waals surface area contributed by atoms with Gasteiger partial charge in [0, 0.05) is 10.3 Å². The monoisotopic (exact) mass is 336 g/mol. The van der Waals surface area contributed by atoms with Crippen LogP contribution < -0.4 is 11.1 Å². The molecule has 0 fully saturated rings. The molecule has 0 atom stereocenters. The predicted octanol–water partition coefficient (Wildman–Crippen LogP) is 2.17. The van der Waals surface area contributed by atoms with Gasteiger partial charge in [0.25, 0.3) is 0 Å². The van der Waals surface area contributed by atoms with Crippen LogP contribution in [-0.4, -0.2) is 27.7 Å². The summed E-state index contributed by atoms with van der Waals surface area (Å²) in [5.41, 5.74) is 6.28. The van der Waals surface area contributed by atoms with Gasteiger partial charge in [-0.25, -0.2) is 14.8 Å². The molecule has 0 unspecified atom stereocenters. The average Bonchev–Trinajstić information content (AvgIpc) is 2.81. The maximum atomic E-state index is 11.6. The SMILES string of the molecule is Cc1nc(SCC(=O)NC(N)=O)c2c3c(sc2n1)CCCC3. The second-order valence-corrected chi connectivity index (χ2v) is 7.22. The predicted molar refractivity (Wildman–Crippen MR) is 87.2 cm³/mol. The molecule has 0 aliphatic heterocycles. The normalized spacial score (nSPS) is 13.9. The molecule has 1 aliphatic carbocycles. The standard InChI is InChI=1S/C14H16N4O2S2/c1-7-16-12(21-6-10(19)18-14(15)20)11-8-4-2-3-5-9(8)22-13(11)17-7/h2-6H2,1H3,(H3,15,18,19,20). The van der Waals surface area contributed by atoms with Gasteiger partial charge in [-0.15, -0.1) is 11.3 Å². The molecule has 6 nitrogen and oxygen atoms in total. The molecule has 2 aromatic rings. The van der Waals surface area contributed by atoms with Gasteiger partial charge >= 0.3 is 6.03 Å². The first-order valence-electron chi connectivity index (χ1n) is 7.05. The summed E-state index contributed by atoms with van der Waals surface area (Å²) >= 11 is 3.06. The Hall–Kier alpha value is -1.67. The molecular weight excluding hydrogens is 320 g/mol. The fourth-order valence-corrected chi connectivity index (χ4v) is 4.91. The number of amides is 3. The van der Waals surface area contributed by atoms with Crippen molar-refractivity contribution in [2.24, 2.45) is 5.73 Å². The van der Waals surface area contributed by atoms with Crippen molar-refractivity contribution < 1.29 is 9.59 Å². The Morgan fingerprint density at radius 2 is 2.09 bits per heavy atom. The van der Waals surface area contributed by atoms with E-state index in [-0.39, 0.29) is 5.75 Å². The minimum Gasteiger partial charge on any atom is -0.351 e. The Morgan fingerprint density at radius 3 is 2.86 bits per heavy atom. The molecule has 0 bridgehead atoms. The molecular formula is C14H16N4O2S2. The number of carbonyl (C=O) groups excluding carboxylic acids is 2. The van der Waals surface area contributed by atoms with Crippen LogP contribution in [0.25, 0.3) is 10.2 Å². The lowest BCUT2D eigenvalue weighted by Crippen LogP contribution is -2.36. The number of rotatable bonds is 3. The van der Waals surface area contributed by atoms with Gasteiger partial charge in [0.1, 0.15) is 15.7 Å². The fraction of sp³-hybridized carbons (Fsp3) is 0.429. The number of nitrogens with two attached hydrogens (primary N) is 1. The molecule has 3 amide bonds. The van der Waals surface area contributed by atoms with Gasteiger partial charge in [-0.1, -0.05) is 11.8 Å². The van der Waals surface area contributed by atoms with E-state index >= 15 is 0 Å². The van der Waals surface area contributed by atoms with E-state index in [1.165, 1.54) is 35.0 Å². The topological polar surface area (TPSA) is 98.0 Å². The number of carbonyl (C=O) groups is 2. The van der Waals surface area contributed by atoms with Crippen LogP contribution in [-0.2, 0) is 17.6 Å². The number of thiophene rings is 1. The van der Waals surface area contributed by atoms with Crippen molar-refractivity contribution >= 4 is 45.3 Å². The molecule has 8 heteroatoms. The van der Waals surface area contributed by atoms with Crippen LogP contribution in [0.3, 0.4) is 0 Å². The van der Waals surface area contributed by atoms with Crippen LogP contribution in [0.5, 0.6) is 0 Å². The maximum absolute atomic E-state index is 11.6. The number of nitrogens with one attached hydrogen (secondary N) is 1. The van der Waals surface area contributed by atoms with E-state index in [1.807, 2.05) is 6.92 Å². The minimum absolute atomic E-state index is 0.110. The van der Waals surface area contributed by atoms with Crippen LogP contribution in [0.4, 0.5) is 4.79 Å². The molecule has 3 N–H and O–H groups in total. The molecule has 1 aliphatic rings. The summed E-state index contributed by atoms with van der Waals surface area (Å²) in [5.74, 6) is 0.397. The van der Waals surface area contributed by atoms with Crippen molar-refractivity contribution in [1.29, 1.82) is 0 Å². The van der Waals surface area contributed by atoms with Gasteiger partial charge in [-0.05, 0) is 38.2 Å². The van der Waals surface area contributed by atoms with Crippen LogP contribution in [0.2, 0.25) is 0 Å². The first-order valence-corrected chi connectivity index (χ1v) is 8.86. The number of aromatic nitrogens is 2. The Kier molecular flexibility index (Phi) is 4.30. The zero-order valence-corrected chi connectivity index (χ0v) is 13.8. The van der Waals surface area contributed by atoms with Crippen LogP contribution in [0, 0.1) is 6.92 Å². The summed E-state index contributed by atoms with van der Waals surface area (Å²) in [6.07, 6.45) is 4.54. The Labute approximate surface area is 135 Å². The van der Waals surface area contributed by atoms with E-state index in [9.17, 15) is 9.59 Å². The van der Waals surface area contributed by atoms with Crippen molar-refractivity contribution in [3.63, 3.8) is 0 Å². The van der Waals surface area contributed by atoms with Crippen LogP contribution in [0.1, 0.15) is 29.1 Å². The van der Waals surface area contributed by atoms with Gasteiger partial charge in [-0.3, -0.25) is 10.1 Å². The summed E-state index contributed by atoms with van der Waals surface area (Å²) in [6.45, 7) is 1.85.